The maximum atomic E-state index is 13.9. The number of nitrogens with zero attached hydrogens (tertiary/aromatic N) is 4. The summed E-state index contributed by atoms with van der Waals surface area (Å²) in [5, 5.41) is 8.79. The standard InChI is InChI=1S/C19H23FN4O/c20-15-8-4-3-7-14(15)13-18(25)23-12-6-9-16(23)19-22-21-17-10-2-1-5-11-24(17)19/h3-4,7-8,16H,1-2,5-6,9-13H2. The van der Waals surface area contributed by atoms with Crippen LogP contribution < -0.4 is 0 Å². The average Bonchev–Trinajstić information content (AvgIpc) is 3.18. The summed E-state index contributed by atoms with van der Waals surface area (Å²) < 4.78 is 16.1. The van der Waals surface area contributed by atoms with E-state index in [2.05, 4.69) is 14.8 Å². The van der Waals surface area contributed by atoms with Crippen LogP contribution in [0.2, 0.25) is 0 Å². The number of likely N-dealkylation sites (tertiary alicyclic amines) is 1. The van der Waals surface area contributed by atoms with Crippen LogP contribution in [0, 0.1) is 5.82 Å². The molecular formula is C19H23FN4O. The summed E-state index contributed by atoms with van der Waals surface area (Å²) in [7, 11) is 0. The number of hydrogen-bond donors (Lipinski definition) is 0. The smallest absolute Gasteiger partial charge is 0.227 e. The minimum atomic E-state index is -0.317. The third-order valence-corrected chi connectivity index (χ3v) is 5.31. The van der Waals surface area contributed by atoms with E-state index in [1.165, 1.54) is 12.5 Å². The highest BCUT2D eigenvalue weighted by molar-refractivity contribution is 5.79. The van der Waals surface area contributed by atoms with Gasteiger partial charge in [-0.2, -0.15) is 0 Å². The van der Waals surface area contributed by atoms with Crippen LogP contribution in [0.25, 0.3) is 0 Å². The Balaban J connectivity index is 1.56. The molecule has 4 rings (SSSR count). The zero-order valence-electron chi connectivity index (χ0n) is 14.3. The van der Waals surface area contributed by atoms with Crippen LogP contribution in [0.5, 0.6) is 0 Å². The lowest BCUT2D eigenvalue weighted by molar-refractivity contribution is -0.131. The predicted molar refractivity (Wildman–Crippen MR) is 91.4 cm³/mol. The van der Waals surface area contributed by atoms with Crippen molar-refractivity contribution in [1.29, 1.82) is 0 Å². The van der Waals surface area contributed by atoms with Gasteiger partial charge >= 0.3 is 0 Å². The van der Waals surface area contributed by atoms with Gasteiger partial charge in [0.15, 0.2) is 5.82 Å². The van der Waals surface area contributed by atoms with Gasteiger partial charge in [-0.05, 0) is 37.3 Å². The van der Waals surface area contributed by atoms with Gasteiger partial charge in [-0.25, -0.2) is 4.39 Å². The molecule has 1 saturated heterocycles. The van der Waals surface area contributed by atoms with E-state index in [4.69, 9.17) is 0 Å². The van der Waals surface area contributed by atoms with Gasteiger partial charge in [0.05, 0.1) is 12.5 Å². The first-order chi connectivity index (χ1) is 12.2. The molecule has 1 atom stereocenters. The van der Waals surface area contributed by atoms with Crippen LogP contribution in [0.4, 0.5) is 4.39 Å². The van der Waals surface area contributed by atoms with Gasteiger partial charge in [0.25, 0.3) is 0 Å². The van der Waals surface area contributed by atoms with Crippen molar-refractivity contribution in [2.24, 2.45) is 0 Å². The summed E-state index contributed by atoms with van der Waals surface area (Å²) >= 11 is 0. The van der Waals surface area contributed by atoms with Crippen LogP contribution in [-0.4, -0.2) is 32.1 Å². The number of aromatic nitrogens is 3. The normalized spacial score (nSPS) is 20.4. The van der Waals surface area contributed by atoms with Gasteiger partial charge < -0.3 is 9.47 Å². The van der Waals surface area contributed by atoms with Gasteiger partial charge in [-0.1, -0.05) is 24.6 Å². The molecule has 2 aromatic rings. The van der Waals surface area contributed by atoms with E-state index >= 15 is 0 Å². The van der Waals surface area contributed by atoms with Crippen LogP contribution in [0.1, 0.15) is 55.4 Å². The minimum absolute atomic E-state index is 0.0291. The van der Waals surface area contributed by atoms with Crippen LogP contribution >= 0.6 is 0 Å². The molecule has 0 N–H and O–H groups in total. The van der Waals surface area contributed by atoms with E-state index in [0.29, 0.717) is 12.1 Å². The van der Waals surface area contributed by atoms with E-state index in [9.17, 15) is 9.18 Å². The van der Waals surface area contributed by atoms with Crippen LogP contribution in [0.3, 0.4) is 0 Å². The molecule has 0 spiro atoms. The zero-order valence-corrected chi connectivity index (χ0v) is 14.3. The second kappa shape index (κ2) is 6.94. The van der Waals surface area contributed by atoms with Gasteiger partial charge in [-0.15, -0.1) is 10.2 Å². The van der Waals surface area contributed by atoms with Gasteiger partial charge in [0.1, 0.15) is 11.6 Å². The molecule has 25 heavy (non-hydrogen) atoms. The maximum Gasteiger partial charge on any atom is 0.227 e. The number of carbonyl (C=O) groups excluding carboxylic acids is 1. The molecule has 0 aliphatic carbocycles. The Hall–Kier alpha value is -2.24. The SMILES string of the molecule is O=C(Cc1ccccc1F)N1CCCC1c1nnc2n1CCCCC2. The quantitative estimate of drug-likeness (QED) is 0.861. The number of amides is 1. The van der Waals surface area contributed by atoms with Crippen molar-refractivity contribution in [2.45, 2.75) is 57.5 Å². The Morgan fingerprint density at radius 3 is 2.88 bits per heavy atom. The highest BCUT2D eigenvalue weighted by atomic mass is 19.1. The van der Waals surface area contributed by atoms with Crippen molar-refractivity contribution >= 4 is 5.91 Å². The van der Waals surface area contributed by atoms with Crippen molar-refractivity contribution in [3.8, 4) is 0 Å². The summed E-state index contributed by atoms with van der Waals surface area (Å²) in [4.78, 5) is 14.7. The molecular weight excluding hydrogens is 319 g/mol. The molecule has 1 unspecified atom stereocenters. The molecule has 1 aromatic carbocycles. The van der Waals surface area contributed by atoms with Crippen molar-refractivity contribution in [2.75, 3.05) is 6.54 Å². The van der Waals surface area contributed by atoms with E-state index in [1.54, 1.807) is 18.2 Å². The molecule has 1 aromatic heterocycles. The molecule has 1 amide bonds. The van der Waals surface area contributed by atoms with Crippen molar-refractivity contribution in [3.63, 3.8) is 0 Å². The van der Waals surface area contributed by atoms with E-state index in [0.717, 1.165) is 50.3 Å². The summed E-state index contributed by atoms with van der Waals surface area (Å²) in [6.45, 7) is 1.64. The fraction of sp³-hybridized carbons (Fsp3) is 0.526. The lowest BCUT2D eigenvalue weighted by atomic mass is 10.1. The van der Waals surface area contributed by atoms with E-state index in [1.807, 2.05) is 4.90 Å². The van der Waals surface area contributed by atoms with Crippen LogP contribution in [-0.2, 0) is 24.2 Å². The highest BCUT2D eigenvalue weighted by Gasteiger charge is 2.34. The number of hydrogen-bond acceptors (Lipinski definition) is 3. The largest absolute Gasteiger partial charge is 0.332 e. The van der Waals surface area contributed by atoms with Crippen molar-refractivity contribution < 1.29 is 9.18 Å². The first kappa shape index (κ1) is 16.2. The molecule has 6 heteroatoms. The number of rotatable bonds is 3. The summed E-state index contributed by atoms with van der Waals surface area (Å²) in [5.74, 6) is 1.61. The number of halogens is 1. The second-order valence-electron chi connectivity index (χ2n) is 6.95. The Kier molecular flexibility index (Phi) is 4.51. The first-order valence-corrected chi connectivity index (χ1v) is 9.19. The molecule has 2 aliphatic heterocycles. The Morgan fingerprint density at radius 2 is 2.00 bits per heavy atom. The molecule has 0 bridgehead atoms. The molecule has 3 heterocycles. The summed E-state index contributed by atoms with van der Waals surface area (Å²) in [5.41, 5.74) is 0.457. The topological polar surface area (TPSA) is 51.0 Å². The second-order valence-corrected chi connectivity index (χ2v) is 6.95. The highest BCUT2D eigenvalue weighted by Crippen LogP contribution is 2.33. The summed E-state index contributed by atoms with van der Waals surface area (Å²) in [6.07, 6.45) is 6.42. The van der Waals surface area contributed by atoms with Crippen molar-refractivity contribution in [1.82, 2.24) is 19.7 Å². The number of aryl methyl sites for hydroxylation is 1. The Bertz CT molecular complexity index is 773. The predicted octanol–water partition coefficient (Wildman–Crippen LogP) is 3.05. The fourth-order valence-electron chi connectivity index (χ4n) is 3.99. The number of benzene rings is 1. The zero-order chi connectivity index (χ0) is 17.2. The van der Waals surface area contributed by atoms with Gasteiger partial charge in [0.2, 0.25) is 5.91 Å². The third kappa shape index (κ3) is 3.17. The average molecular weight is 342 g/mol. The molecule has 0 saturated carbocycles. The lowest BCUT2D eigenvalue weighted by Gasteiger charge is -2.25. The van der Waals surface area contributed by atoms with E-state index < -0.39 is 0 Å². The summed E-state index contributed by atoms with van der Waals surface area (Å²) in [6, 6.07) is 6.47. The molecule has 132 valence electrons. The fourth-order valence-corrected chi connectivity index (χ4v) is 3.99. The van der Waals surface area contributed by atoms with Gasteiger partial charge in [0, 0.05) is 19.5 Å². The number of fused-ring (bicyclic) bond motifs is 1. The number of carbonyl (C=O) groups is 1. The van der Waals surface area contributed by atoms with E-state index in [-0.39, 0.29) is 24.2 Å². The van der Waals surface area contributed by atoms with Crippen molar-refractivity contribution in [3.05, 3.63) is 47.3 Å². The maximum absolute atomic E-state index is 13.9. The monoisotopic (exact) mass is 342 g/mol. The minimum Gasteiger partial charge on any atom is -0.332 e. The lowest BCUT2D eigenvalue weighted by Crippen LogP contribution is -2.33. The molecule has 5 nitrogen and oxygen atoms in total. The Labute approximate surface area is 146 Å². The molecule has 0 radical (unpaired) electrons. The molecule has 2 aliphatic rings. The van der Waals surface area contributed by atoms with Crippen LogP contribution in [0.15, 0.2) is 24.3 Å². The molecule has 1 fully saturated rings. The Morgan fingerprint density at radius 1 is 1.12 bits per heavy atom. The first-order valence-electron chi connectivity index (χ1n) is 9.19. The third-order valence-electron chi connectivity index (χ3n) is 5.31. The van der Waals surface area contributed by atoms with Gasteiger partial charge in [-0.3, -0.25) is 4.79 Å².